The Labute approximate surface area is 161 Å². The van der Waals surface area contributed by atoms with Crippen LogP contribution >= 0.6 is 0 Å². The summed E-state index contributed by atoms with van der Waals surface area (Å²) in [5.41, 5.74) is 0. The van der Waals surface area contributed by atoms with E-state index in [0.29, 0.717) is 6.42 Å². The van der Waals surface area contributed by atoms with E-state index in [1.54, 1.807) is 6.07 Å². The van der Waals surface area contributed by atoms with E-state index in [1.165, 1.54) is 57.3 Å². The maximum atomic E-state index is 11.5. The van der Waals surface area contributed by atoms with Crippen LogP contribution < -0.4 is 0 Å². The minimum absolute atomic E-state index is 0. The molecule has 0 unspecified atom stereocenters. The first-order chi connectivity index (χ1) is 10.7. The molecule has 1 heterocycles. The third-order valence-corrected chi connectivity index (χ3v) is 3.66. The molecule has 1 rings (SSSR count). The van der Waals surface area contributed by atoms with Gasteiger partial charge in [0.2, 0.25) is 5.76 Å². The smallest absolute Gasteiger partial charge is 0.381 e. The molecule has 0 spiro atoms. The molecule has 0 saturated carbocycles. The van der Waals surface area contributed by atoms with Crippen LogP contribution in [0.25, 0.3) is 0 Å². The van der Waals surface area contributed by atoms with Gasteiger partial charge in [-0.2, -0.15) is 0 Å². The molecule has 0 fully saturated rings. The van der Waals surface area contributed by atoms with Crippen molar-refractivity contribution < 1.29 is 18.7 Å². The average Bonchev–Trinajstić information content (AvgIpc) is 3.03. The van der Waals surface area contributed by atoms with Crippen molar-refractivity contribution in [2.45, 2.75) is 77.6 Å². The van der Waals surface area contributed by atoms with E-state index in [2.05, 4.69) is 6.92 Å². The summed E-state index contributed by atoms with van der Waals surface area (Å²) >= 11 is 0. The fraction of sp³-hybridized carbons (Fsp3) is 0.667. The predicted octanol–water partition coefficient (Wildman–Crippen LogP) is 4.89. The van der Waals surface area contributed by atoms with Gasteiger partial charge in [-0.1, -0.05) is 64.7 Å². The number of hydrogen-bond acceptors (Lipinski definition) is 4. The zero-order valence-corrected chi connectivity index (χ0v) is 16.6. The Morgan fingerprint density at radius 1 is 0.957 bits per heavy atom. The SMILES string of the molecule is CCCCCCCCCCCCC(=O)OC(=O)c1ccco1.[Na]. The van der Waals surface area contributed by atoms with Gasteiger partial charge in [-0.25, -0.2) is 4.79 Å². The van der Waals surface area contributed by atoms with Crippen LogP contribution in [0.1, 0.15) is 88.1 Å². The number of carbonyl (C=O) groups excluding carboxylic acids is 2. The van der Waals surface area contributed by atoms with Crippen LogP contribution in [0.3, 0.4) is 0 Å². The monoisotopic (exact) mass is 331 g/mol. The molecule has 0 atom stereocenters. The van der Waals surface area contributed by atoms with E-state index in [9.17, 15) is 9.59 Å². The van der Waals surface area contributed by atoms with Crippen molar-refractivity contribution in [3.8, 4) is 0 Å². The van der Waals surface area contributed by atoms with Gasteiger partial charge in [0, 0.05) is 36.0 Å². The summed E-state index contributed by atoms with van der Waals surface area (Å²) in [6, 6.07) is 3.07. The molecule has 0 bridgehead atoms. The van der Waals surface area contributed by atoms with Gasteiger partial charge in [0.15, 0.2) is 0 Å². The first-order valence-corrected chi connectivity index (χ1v) is 8.52. The van der Waals surface area contributed by atoms with Crippen molar-refractivity contribution in [1.29, 1.82) is 0 Å². The zero-order chi connectivity index (χ0) is 16.0. The van der Waals surface area contributed by atoms with Crippen molar-refractivity contribution in [1.82, 2.24) is 0 Å². The second-order valence-corrected chi connectivity index (χ2v) is 5.67. The predicted molar refractivity (Wildman–Crippen MR) is 91.3 cm³/mol. The molecular weight excluding hydrogens is 303 g/mol. The van der Waals surface area contributed by atoms with Gasteiger partial charge in [-0.05, 0) is 18.6 Å². The fourth-order valence-electron chi connectivity index (χ4n) is 2.36. The minimum Gasteiger partial charge on any atom is -0.457 e. The van der Waals surface area contributed by atoms with Gasteiger partial charge in [0.25, 0.3) is 0 Å². The maximum absolute atomic E-state index is 11.5. The fourth-order valence-corrected chi connectivity index (χ4v) is 2.36. The summed E-state index contributed by atoms with van der Waals surface area (Å²) in [5, 5.41) is 0. The van der Waals surface area contributed by atoms with Crippen LogP contribution in [0, 0.1) is 0 Å². The van der Waals surface area contributed by atoms with E-state index in [-0.39, 0.29) is 35.3 Å². The third kappa shape index (κ3) is 11.6. The Hall–Kier alpha value is -0.580. The van der Waals surface area contributed by atoms with Crippen LogP contribution in [0.5, 0.6) is 0 Å². The van der Waals surface area contributed by atoms with E-state index >= 15 is 0 Å². The largest absolute Gasteiger partial charge is 0.457 e. The van der Waals surface area contributed by atoms with E-state index < -0.39 is 11.9 Å². The summed E-state index contributed by atoms with van der Waals surface area (Å²) in [5.74, 6) is -1.11. The Morgan fingerprint density at radius 3 is 2.04 bits per heavy atom. The Morgan fingerprint density at radius 2 is 1.52 bits per heavy atom. The van der Waals surface area contributed by atoms with E-state index in [0.717, 1.165) is 19.3 Å². The van der Waals surface area contributed by atoms with Crippen molar-refractivity contribution in [2.75, 3.05) is 0 Å². The number of carbonyl (C=O) groups is 2. The molecule has 5 heteroatoms. The molecule has 4 nitrogen and oxygen atoms in total. The molecular formula is C18H28NaO4. The Balaban J connectivity index is 0.00000484. The molecule has 125 valence electrons. The first kappa shape index (κ1) is 22.4. The Bertz CT molecular complexity index is 415. The van der Waals surface area contributed by atoms with Gasteiger partial charge < -0.3 is 9.15 Å². The molecule has 1 aromatic heterocycles. The van der Waals surface area contributed by atoms with Gasteiger partial charge in [-0.15, -0.1) is 0 Å². The van der Waals surface area contributed by atoms with Crippen LogP contribution in [0.15, 0.2) is 22.8 Å². The number of unbranched alkanes of at least 4 members (excludes halogenated alkanes) is 9. The van der Waals surface area contributed by atoms with Crippen LogP contribution in [-0.4, -0.2) is 41.5 Å². The zero-order valence-electron chi connectivity index (χ0n) is 14.6. The molecule has 1 radical (unpaired) electrons. The van der Waals surface area contributed by atoms with Crippen LogP contribution in [-0.2, 0) is 9.53 Å². The van der Waals surface area contributed by atoms with Crippen LogP contribution in [0.2, 0.25) is 0 Å². The van der Waals surface area contributed by atoms with Gasteiger partial charge >= 0.3 is 11.9 Å². The van der Waals surface area contributed by atoms with Crippen molar-refractivity contribution in [3.05, 3.63) is 24.2 Å². The summed E-state index contributed by atoms with van der Waals surface area (Å²) in [7, 11) is 0. The summed E-state index contributed by atoms with van der Waals surface area (Å²) in [6.45, 7) is 2.23. The van der Waals surface area contributed by atoms with Crippen molar-refractivity contribution in [2.24, 2.45) is 0 Å². The number of esters is 2. The molecule has 0 amide bonds. The normalized spacial score (nSPS) is 10.1. The summed E-state index contributed by atoms with van der Waals surface area (Å²) in [6.07, 6.45) is 13.8. The second kappa shape index (κ2) is 15.0. The van der Waals surface area contributed by atoms with Gasteiger partial charge in [0.1, 0.15) is 0 Å². The molecule has 0 aliphatic carbocycles. The van der Waals surface area contributed by atoms with E-state index in [4.69, 9.17) is 9.15 Å². The second-order valence-electron chi connectivity index (χ2n) is 5.67. The van der Waals surface area contributed by atoms with Crippen molar-refractivity contribution >= 4 is 41.5 Å². The topological polar surface area (TPSA) is 56.5 Å². The number of furan rings is 1. The molecule has 0 aliphatic rings. The van der Waals surface area contributed by atoms with E-state index in [1.807, 2.05) is 0 Å². The molecule has 0 saturated heterocycles. The summed E-state index contributed by atoms with van der Waals surface area (Å²) < 4.78 is 9.58. The molecule has 1 aromatic rings. The molecule has 0 N–H and O–H groups in total. The first-order valence-electron chi connectivity index (χ1n) is 8.52. The molecule has 0 aromatic carbocycles. The quantitative estimate of drug-likeness (QED) is 0.237. The minimum atomic E-state index is -0.706. The third-order valence-electron chi connectivity index (χ3n) is 3.66. The van der Waals surface area contributed by atoms with Crippen LogP contribution in [0.4, 0.5) is 0 Å². The average molecular weight is 331 g/mol. The number of hydrogen-bond donors (Lipinski definition) is 0. The Kier molecular flexibility index (Phi) is 14.6. The summed E-state index contributed by atoms with van der Waals surface area (Å²) in [4.78, 5) is 23.0. The number of ether oxygens (including phenoxy) is 1. The van der Waals surface area contributed by atoms with Gasteiger partial charge in [0.05, 0.1) is 6.26 Å². The number of rotatable bonds is 12. The molecule has 0 aliphatic heterocycles. The van der Waals surface area contributed by atoms with Gasteiger partial charge in [-0.3, -0.25) is 4.79 Å². The maximum Gasteiger partial charge on any atom is 0.381 e. The molecule has 23 heavy (non-hydrogen) atoms. The standard InChI is InChI=1S/C18H28O4.Na/c1-2-3-4-5-6-7-8-9-10-11-14-17(19)22-18(20)16-13-12-15-21-16;/h12-13,15H,2-11,14H2,1H3;. The van der Waals surface area contributed by atoms with Crippen molar-refractivity contribution in [3.63, 3.8) is 0 Å².